The van der Waals surface area contributed by atoms with Crippen LogP contribution in [0.1, 0.15) is 19.4 Å². The van der Waals surface area contributed by atoms with Crippen molar-refractivity contribution >= 4 is 16.9 Å². The molecule has 2 nitrogen and oxygen atoms in total. The predicted molar refractivity (Wildman–Crippen MR) is 67.3 cm³/mol. The molecule has 0 saturated heterocycles. The van der Waals surface area contributed by atoms with Gasteiger partial charge in [0.25, 0.3) is 0 Å². The molecule has 0 aliphatic carbocycles. The summed E-state index contributed by atoms with van der Waals surface area (Å²) in [6.45, 7) is 5.19. The molecule has 0 spiro atoms. The fraction of sp³-hybridized carbons (Fsp3) is 0.417. The van der Waals surface area contributed by atoms with E-state index in [1.165, 1.54) is 5.56 Å². The Hall–Kier alpha value is -0.960. The highest BCUT2D eigenvalue weighted by atomic mass is 32.2. The summed E-state index contributed by atoms with van der Waals surface area (Å²) in [7, 11) is 0. The first-order chi connectivity index (χ1) is 7.16. The molecule has 0 amide bonds. The molecule has 0 radical (unpaired) electrons. The minimum absolute atomic E-state index is 0.101. The zero-order valence-corrected chi connectivity index (χ0v) is 9.97. The monoisotopic (exact) mass is 220 g/mol. The van der Waals surface area contributed by atoms with E-state index in [1.807, 2.05) is 17.8 Å². The van der Waals surface area contributed by atoms with Crippen molar-refractivity contribution in [1.29, 1.82) is 0 Å². The van der Waals surface area contributed by atoms with Crippen molar-refractivity contribution in [3.8, 4) is 0 Å². The Balaban J connectivity index is 1.90. The molecular formula is C12H16N2S. The van der Waals surface area contributed by atoms with Gasteiger partial charge in [0.2, 0.25) is 0 Å². The molecule has 0 aromatic heterocycles. The molecule has 80 valence electrons. The van der Waals surface area contributed by atoms with Gasteiger partial charge in [-0.2, -0.15) is 0 Å². The first-order valence-electron chi connectivity index (χ1n) is 5.16. The van der Waals surface area contributed by atoms with Crippen LogP contribution in [0.3, 0.4) is 0 Å². The zero-order valence-electron chi connectivity index (χ0n) is 9.16. The van der Waals surface area contributed by atoms with E-state index in [9.17, 15) is 0 Å². The topological polar surface area (TPSA) is 24.4 Å². The Morgan fingerprint density at radius 1 is 1.33 bits per heavy atom. The Bertz CT molecular complexity index is 357. The second-order valence-corrected chi connectivity index (χ2v) is 5.32. The minimum Gasteiger partial charge on any atom is -0.361 e. The van der Waals surface area contributed by atoms with Gasteiger partial charge >= 0.3 is 0 Å². The highest BCUT2D eigenvalue weighted by Gasteiger charge is 2.24. The number of hydrogen-bond acceptors (Lipinski definition) is 3. The predicted octanol–water partition coefficient (Wildman–Crippen LogP) is 2.66. The molecule has 15 heavy (non-hydrogen) atoms. The van der Waals surface area contributed by atoms with Crippen LogP contribution in [0, 0.1) is 0 Å². The minimum atomic E-state index is 0.101. The van der Waals surface area contributed by atoms with Crippen molar-refractivity contribution < 1.29 is 0 Å². The lowest BCUT2D eigenvalue weighted by Gasteiger charge is -2.09. The van der Waals surface area contributed by atoms with Gasteiger partial charge in [0.05, 0.1) is 5.54 Å². The van der Waals surface area contributed by atoms with E-state index < -0.39 is 0 Å². The van der Waals surface area contributed by atoms with Gasteiger partial charge in [0.1, 0.15) is 0 Å². The molecule has 0 atom stereocenters. The molecule has 0 bridgehead atoms. The van der Waals surface area contributed by atoms with Crippen LogP contribution in [0.2, 0.25) is 0 Å². The van der Waals surface area contributed by atoms with Crippen LogP contribution in [-0.2, 0) is 6.54 Å². The third kappa shape index (κ3) is 2.99. The molecule has 0 fully saturated rings. The van der Waals surface area contributed by atoms with Gasteiger partial charge in [-0.3, -0.25) is 4.99 Å². The highest BCUT2D eigenvalue weighted by Crippen LogP contribution is 2.25. The van der Waals surface area contributed by atoms with Crippen molar-refractivity contribution in [1.82, 2.24) is 5.32 Å². The summed E-state index contributed by atoms with van der Waals surface area (Å²) in [4.78, 5) is 4.60. The molecule has 2 rings (SSSR count). The Kier molecular flexibility index (Phi) is 3.00. The van der Waals surface area contributed by atoms with Crippen LogP contribution >= 0.6 is 11.8 Å². The lowest BCUT2D eigenvalue weighted by molar-refractivity contribution is 0.602. The summed E-state index contributed by atoms with van der Waals surface area (Å²) in [5, 5.41) is 4.44. The molecule has 1 aromatic carbocycles. The van der Waals surface area contributed by atoms with Crippen LogP contribution in [0.4, 0.5) is 0 Å². The second kappa shape index (κ2) is 4.27. The lowest BCUT2D eigenvalue weighted by Crippen LogP contribution is -2.19. The largest absolute Gasteiger partial charge is 0.361 e. The van der Waals surface area contributed by atoms with E-state index in [0.717, 1.165) is 17.5 Å². The number of aliphatic imine (C=N–C) groups is 1. The van der Waals surface area contributed by atoms with Gasteiger partial charge in [-0.1, -0.05) is 42.1 Å². The second-order valence-electron chi connectivity index (χ2n) is 4.36. The van der Waals surface area contributed by atoms with Crippen LogP contribution in [0.25, 0.3) is 0 Å². The van der Waals surface area contributed by atoms with Gasteiger partial charge in [-0.25, -0.2) is 0 Å². The number of hydrogen-bond donors (Lipinski definition) is 1. The maximum atomic E-state index is 4.60. The quantitative estimate of drug-likeness (QED) is 0.828. The molecule has 0 unspecified atom stereocenters. The Morgan fingerprint density at radius 3 is 2.67 bits per heavy atom. The van der Waals surface area contributed by atoms with Gasteiger partial charge in [-0.15, -0.1) is 0 Å². The average molecular weight is 220 g/mol. The van der Waals surface area contributed by atoms with E-state index in [0.29, 0.717) is 0 Å². The molecule has 1 aliphatic heterocycles. The van der Waals surface area contributed by atoms with Gasteiger partial charge in [0.15, 0.2) is 5.17 Å². The molecular weight excluding hydrogens is 204 g/mol. The van der Waals surface area contributed by atoms with Crippen molar-refractivity contribution in [3.05, 3.63) is 35.9 Å². The van der Waals surface area contributed by atoms with Gasteiger partial charge in [0, 0.05) is 12.3 Å². The molecule has 1 aliphatic rings. The van der Waals surface area contributed by atoms with Gasteiger partial charge < -0.3 is 5.32 Å². The number of rotatable bonds is 2. The van der Waals surface area contributed by atoms with E-state index in [-0.39, 0.29) is 5.54 Å². The van der Waals surface area contributed by atoms with Crippen LogP contribution in [0.15, 0.2) is 35.3 Å². The van der Waals surface area contributed by atoms with Crippen LogP contribution < -0.4 is 5.32 Å². The Morgan fingerprint density at radius 2 is 2.07 bits per heavy atom. The third-order valence-corrected chi connectivity index (χ3v) is 3.61. The number of nitrogens with one attached hydrogen (secondary N) is 1. The number of nitrogens with zero attached hydrogens (tertiary/aromatic N) is 1. The molecule has 1 N–H and O–H groups in total. The first kappa shape index (κ1) is 10.6. The van der Waals surface area contributed by atoms with E-state index >= 15 is 0 Å². The first-order valence-corrected chi connectivity index (χ1v) is 6.15. The number of benzene rings is 1. The highest BCUT2D eigenvalue weighted by molar-refractivity contribution is 8.14. The molecule has 0 saturated carbocycles. The SMILES string of the molecule is CC1(C)CSC(NCc2ccccc2)=N1. The van der Waals surface area contributed by atoms with Crippen LogP contribution in [0.5, 0.6) is 0 Å². The van der Waals surface area contributed by atoms with Crippen molar-refractivity contribution in [2.24, 2.45) is 4.99 Å². The number of thioether (sulfide) groups is 1. The number of amidine groups is 1. The maximum absolute atomic E-state index is 4.60. The maximum Gasteiger partial charge on any atom is 0.157 e. The molecule has 1 aromatic rings. The normalized spacial score (nSPS) is 18.7. The summed E-state index contributed by atoms with van der Waals surface area (Å²) < 4.78 is 0. The summed E-state index contributed by atoms with van der Waals surface area (Å²) in [6.07, 6.45) is 0. The van der Waals surface area contributed by atoms with Crippen molar-refractivity contribution in [3.63, 3.8) is 0 Å². The van der Waals surface area contributed by atoms with E-state index in [2.05, 4.69) is 48.4 Å². The summed E-state index contributed by atoms with van der Waals surface area (Å²) in [5.74, 6) is 1.07. The van der Waals surface area contributed by atoms with Crippen molar-refractivity contribution in [2.75, 3.05) is 5.75 Å². The van der Waals surface area contributed by atoms with Crippen molar-refractivity contribution in [2.45, 2.75) is 25.9 Å². The lowest BCUT2D eigenvalue weighted by atomic mass is 10.1. The zero-order chi connectivity index (χ0) is 10.7. The molecule has 1 heterocycles. The van der Waals surface area contributed by atoms with Gasteiger partial charge in [-0.05, 0) is 19.4 Å². The Labute approximate surface area is 95.2 Å². The van der Waals surface area contributed by atoms with E-state index in [4.69, 9.17) is 0 Å². The molecule has 3 heteroatoms. The van der Waals surface area contributed by atoms with E-state index in [1.54, 1.807) is 0 Å². The third-order valence-electron chi connectivity index (χ3n) is 2.25. The fourth-order valence-corrected chi connectivity index (χ4v) is 2.49. The summed E-state index contributed by atoms with van der Waals surface area (Å²) in [5.41, 5.74) is 1.40. The average Bonchev–Trinajstić information content (AvgIpc) is 2.57. The summed E-state index contributed by atoms with van der Waals surface area (Å²) in [6, 6.07) is 10.4. The smallest absolute Gasteiger partial charge is 0.157 e. The fourth-order valence-electron chi connectivity index (χ4n) is 1.45. The standard InChI is InChI=1S/C12H16N2S/c1-12(2)9-15-11(14-12)13-8-10-6-4-3-5-7-10/h3-7H,8-9H2,1-2H3,(H,13,14). The van der Waals surface area contributed by atoms with Crippen LogP contribution in [-0.4, -0.2) is 16.5 Å². The summed E-state index contributed by atoms with van der Waals surface area (Å²) >= 11 is 1.81.